The largest absolute Gasteiger partial charge is 0.330 e. The van der Waals surface area contributed by atoms with Crippen molar-refractivity contribution >= 4 is 12.4 Å². The number of hydrogen-bond donors (Lipinski definition) is 1. The highest BCUT2D eigenvalue weighted by Gasteiger charge is 2.49. The Morgan fingerprint density at radius 2 is 1.90 bits per heavy atom. The van der Waals surface area contributed by atoms with Crippen LogP contribution in [0, 0.1) is 5.41 Å². The average Bonchev–Trinajstić information content (AvgIpc) is 2.49. The number of rotatable bonds is 3. The van der Waals surface area contributed by atoms with E-state index in [-0.39, 0.29) is 12.4 Å². The molecule has 62 valence electrons. The quantitative estimate of drug-likeness (QED) is 0.689. The van der Waals surface area contributed by atoms with Crippen molar-refractivity contribution in [1.29, 1.82) is 0 Å². The molecule has 0 amide bonds. The maximum atomic E-state index is 12.0. The van der Waals surface area contributed by atoms with Gasteiger partial charge in [0, 0.05) is 5.41 Å². The Kier molecular flexibility index (Phi) is 3.52. The van der Waals surface area contributed by atoms with Crippen LogP contribution in [-0.2, 0) is 0 Å². The lowest BCUT2D eigenvalue weighted by Crippen LogP contribution is -2.16. The summed E-state index contributed by atoms with van der Waals surface area (Å²) in [6.45, 7) is 0.393. The SMILES string of the molecule is Cl.NCCC1(C(F)F)CC1. The molecule has 0 bridgehead atoms. The second-order valence-corrected chi connectivity index (χ2v) is 2.70. The number of halogens is 3. The summed E-state index contributed by atoms with van der Waals surface area (Å²) in [7, 11) is 0. The Balaban J connectivity index is 0.000000810. The van der Waals surface area contributed by atoms with Gasteiger partial charge in [0.25, 0.3) is 0 Å². The van der Waals surface area contributed by atoms with Gasteiger partial charge in [-0.05, 0) is 25.8 Å². The van der Waals surface area contributed by atoms with Gasteiger partial charge in [0.05, 0.1) is 0 Å². The molecular formula is C6H12ClF2N. The molecule has 0 radical (unpaired) electrons. The van der Waals surface area contributed by atoms with Crippen LogP contribution >= 0.6 is 12.4 Å². The van der Waals surface area contributed by atoms with E-state index in [1.807, 2.05) is 0 Å². The molecule has 1 aliphatic carbocycles. The molecule has 1 nitrogen and oxygen atoms in total. The van der Waals surface area contributed by atoms with E-state index in [9.17, 15) is 8.78 Å². The maximum Gasteiger partial charge on any atom is 0.244 e. The van der Waals surface area contributed by atoms with Crippen molar-refractivity contribution in [3.05, 3.63) is 0 Å². The minimum atomic E-state index is -2.15. The first kappa shape index (κ1) is 10.1. The van der Waals surface area contributed by atoms with Gasteiger partial charge >= 0.3 is 0 Å². The van der Waals surface area contributed by atoms with Crippen molar-refractivity contribution in [3.63, 3.8) is 0 Å². The van der Waals surface area contributed by atoms with Crippen molar-refractivity contribution in [2.75, 3.05) is 6.54 Å². The molecule has 2 N–H and O–H groups in total. The number of nitrogens with two attached hydrogens (primary N) is 1. The van der Waals surface area contributed by atoms with Crippen LogP contribution in [0.1, 0.15) is 19.3 Å². The fourth-order valence-electron chi connectivity index (χ4n) is 1.03. The molecule has 0 aromatic heterocycles. The summed E-state index contributed by atoms with van der Waals surface area (Å²) in [5.74, 6) is 0. The Bertz CT molecular complexity index is 104. The Hall–Kier alpha value is 0.110. The molecule has 0 spiro atoms. The molecular weight excluding hydrogens is 160 g/mol. The van der Waals surface area contributed by atoms with E-state index in [0.29, 0.717) is 25.8 Å². The van der Waals surface area contributed by atoms with Gasteiger partial charge in [-0.15, -0.1) is 12.4 Å². The molecule has 0 unspecified atom stereocenters. The van der Waals surface area contributed by atoms with Gasteiger partial charge in [0.2, 0.25) is 6.43 Å². The third kappa shape index (κ3) is 1.80. The second-order valence-electron chi connectivity index (χ2n) is 2.70. The Morgan fingerprint density at radius 1 is 1.40 bits per heavy atom. The van der Waals surface area contributed by atoms with Crippen molar-refractivity contribution in [1.82, 2.24) is 0 Å². The van der Waals surface area contributed by atoms with Crippen LogP contribution < -0.4 is 5.73 Å². The first-order valence-corrected chi connectivity index (χ1v) is 3.19. The van der Waals surface area contributed by atoms with Gasteiger partial charge in [-0.1, -0.05) is 0 Å². The monoisotopic (exact) mass is 171 g/mol. The predicted octanol–water partition coefficient (Wildman–Crippen LogP) is 1.80. The summed E-state index contributed by atoms with van der Waals surface area (Å²) in [6.07, 6.45) is -0.324. The highest BCUT2D eigenvalue weighted by Crippen LogP contribution is 2.53. The average molecular weight is 172 g/mol. The number of alkyl halides is 2. The lowest BCUT2D eigenvalue weighted by Gasteiger charge is -2.10. The first-order valence-electron chi connectivity index (χ1n) is 3.19. The van der Waals surface area contributed by atoms with Gasteiger partial charge in [-0.2, -0.15) is 0 Å². The maximum absolute atomic E-state index is 12.0. The molecule has 1 saturated carbocycles. The standard InChI is InChI=1S/C6H11F2N.ClH/c7-5(8)6(1-2-6)3-4-9;/h5H,1-4,9H2;1H. The highest BCUT2D eigenvalue weighted by atomic mass is 35.5. The summed E-state index contributed by atoms with van der Waals surface area (Å²) in [5, 5.41) is 0. The summed E-state index contributed by atoms with van der Waals surface area (Å²) in [6, 6.07) is 0. The van der Waals surface area contributed by atoms with Crippen LogP contribution in [-0.4, -0.2) is 13.0 Å². The molecule has 0 atom stereocenters. The fourth-order valence-corrected chi connectivity index (χ4v) is 1.03. The van der Waals surface area contributed by atoms with E-state index in [4.69, 9.17) is 5.73 Å². The molecule has 0 aromatic carbocycles. The van der Waals surface area contributed by atoms with Crippen molar-refractivity contribution in [3.8, 4) is 0 Å². The van der Waals surface area contributed by atoms with E-state index in [0.717, 1.165) is 0 Å². The van der Waals surface area contributed by atoms with E-state index in [1.54, 1.807) is 0 Å². The smallest absolute Gasteiger partial charge is 0.244 e. The highest BCUT2D eigenvalue weighted by molar-refractivity contribution is 5.85. The van der Waals surface area contributed by atoms with E-state index in [2.05, 4.69) is 0 Å². The lowest BCUT2D eigenvalue weighted by atomic mass is 10.0. The van der Waals surface area contributed by atoms with Crippen molar-refractivity contribution in [2.45, 2.75) is 25.7 Å². The zero-order chi connectivity index (χ0) is 6.91. The van der Waals surface area contributed by atoms with E-state index < -0.39 is 11.8 Å². The van der Waals surface area contributed by atoms with Crippen LogP contribution in [0.5, 0.6) is 0 Å². The second kappa shape index (κ2) is 3.49. The Labute approximate surface area is 65.4 Å². The minimum Gasteiger partial charge on any atom is -0.330 e. The molecule has 1 aliphatic rings. The third-order valence-electron chi connectivity index (χ3n) is 2.00. The van der Waals surface area contributed by atoms with Crippen molar-refractivity contribution < 1.29 is 8.78 Å². The van der Waals surface area contributed by atoms with Gasteiger partial charge in [0.1, 0.15) is 0 Å². The number of hydrogen-bond acceptors (Lipinski definition) is 1. The van der Waals surface area contributed by atoms with Crippen molar-refractivity contribution in [2.24, 2.45) is 11.1 Å². The van der Waals surface area contributed by atoms with Crippen LogP contribution in [0.25, 0.3) is 0 Å². The molecule has 0 aliphatic heterocycles. The van der Waals surface area contributed by atoms with Crippen LogP contribution in [0.3, 0.4) is 0 Å². The molecule has 10 heavy (non-hydrogen) atoms. The summed E-state index contributed by atoms with van der Waals surface area (Å²) in [4.78, 5) is 0. The van der Waals surface area contributed by atoms with Gasteiger partial charge in [-0.25, -0.2) is 8.78 Å². The van der Waals surface area contributed by atoms with Crippen LogP contribution in [0.15, 0.2) is 0 Å². The predicted molar refractivity (Wildman–Crippen MR) is 38.6 cm³/mol. The van der Waals surface area contributed by atoms with Gasteiger partial charge < -0.3 is 5.73 Å². The summed E-state index contributed by atoms with van der Waals surface area (Å²) >= 11 is 0. The van der Waals surface area contributed by atoms with Gasteiger partial charge in [0.15, 0.2) is 0 Å². The normalized spacial score (nSPS) is 20.4. The topological polar surface area (TPSA) is 26.0 Å². The molecule has 1 rings (SSSR count). The van der Waals surface area contributed by atoms with Gasteiger partial charge in [-0.3, -0.25) is 0 Å². The molecule has 0 aromatic rings. The lowest BCUT2D eigenvalue weighted by molar-refractivity contribution is 0.0578. The molecule has 0 heterocycles. The minimum absolute atomic E-state index is 0. The Morgan fingerprint density at radius 3 is 2.00 bits per heavy atom. The molecule has 4 heteroatoms. The van der Waals surface area contributed by atoms with E-state index in [1.165, 1.54) is 0 Å². The van der Waals surface area contributed by atoms with E-state index >= 15 is 0 Å². The van der Waals surface area contributed by atoms with Crippen LogP contribution in [0.4, 0.5) is 8.78 Å². The summed E-state index contributed by atoms with van der Waals surface area (Å²) in [5.41, 5.74) is 4.50. The fraction of sp³-hybridized carbons (Fsp3) is 1.00. The zero-order valence-electron chi connectivity index (χ0n) is 5.65. The first-order chi connectivity index (χ1) is 4.21. The zero-order valence-corrected chi connectivity index (χ0v) is 6.46. The molecule has 1 fully saturated rings. The van der Waals surface area contributed by atoms with Crippen LogP contribution in [0.2, 0.25) is 0 Å². The molecule has 0 saturated heterocycles. The summed E-state index contributed by atoms with van der Waals surface area (Å²) < 4.78 is 24.0. The third-order valence-corrected chi connectivity index (χ3v) is 2.00.